The maximum atomic E-state index is 13.8. The minimum atomic E-state index is -0.232. The Hall–Kier alpha value is -1.94. The van der Waals surface area contributed by atoms with Crippen LogP contribution in [0, 0.1) is 40.3 Å². The van der Waals surface area contributed by atoms with Crippen LogP contribution in [-0.4, -0.2) is 10.2 Å². The van der Waals surface area contributed by atoms with Gasteiger partial charge in [-0.2, -0.15) is 0 Å². The lowest BCUT2D eigenvalue weighted by molar-refractivity contribution is -0.156. The molecule has 0 bridgehead atoms. The molecule has 0 saturated heterocycles. The second-order valence-corrected chi connectivity index (χ2v) is 16.3. The van der Waals surface area contributed by atoms with Crippen LogP contribution in [0.5, 0.6) is 11.5 Å². The number of allylic oxidation sites excluding steroid dienone is 1. The zero-order valence-electron chi connectivity index (χ0n) is 24.7. The second-order valence-electron chi connectivity index (χ2n) is 15.1. The molecule has 1 unspecified atom stereocenters. The number of hydrogen-bond donors (Lipinski definition) is 2. The molecular formula is C35H45FO2S. The Balaban J connectivity index is 1.53. The standard InChI is InChI=1S/C35H45FO2S/c1-21-29-24(18-25(37)30(21)38)33(5)15-17-35(7)28-20-31(2,3)12-13-32(28,4)14-16-34(35,6)27(33)19-26(29)39-23-10-8-22(36)9-11-23/h8-11,18-19,26,28,37-38H,12-17,20H2,1-7H3/t26?,28-,32-,33+,34-,35+/m1/s1. The molecule has 2 aromatic rings. The van der Waals surface area contributed by atoms with E-state index in [1.54, 1.807) is 11.8 Å². The Labute approximate surface area is 238 Å². The summed E-state index contributed by atoms with van der Waals surface area (Å²) >= 11 is 1.72. The van der Waals surface area contributed by atoms with Crippen LogP contribution in [0.25, 0.3) is 0 Å². The summed E-state index contributed by atoms with van der Waals surface area (Å²) in [5.41, 5.74) is 5.35. The molecule has 39 heavy (non-hydrogen) atoms. The summed E-state index contributed by atoms with van der Waals surface area (Å²) in [6.07, 6.45) is 11.1. The molecular weight excluding hydrogens is 503 g/mol. The zero-order valence-corrected chi connectivity index (χ0v) is 25.6. The van der Waals surface area contributed by atoms with Gasteiger partial charge in [0.1, 0.15) is 5.82 Å². The molecule has 2 aromatic carbocycles. The molecule has 4 heteroatoms. The fraction of sp³-hybridized carbons (Fsp3) is 0.600. The number of hydrogen-bond acceptors (Lipinski definition) is 3. The van der Waals surface area contributed by atoms with Crippen LogP contribution in [0.4, 0.5) is 4.39 Å². The fourth-order valence-electron chi connectivity index (χ4n) is 9.61. The lowest BCUT2D eigenvalue weighted by Crippen LogP contribution is -2.62. The Kier molecular flexibility index (Phi) is 5.96. The second kappa shape index (κ2) is 8.54. The van der Waals surface area contributed by atoms with Gasteiger partial charge in [0.25, 0.3) is 0 Å². The monoisotopic (exact) mass is 548 g/mol. The first-order valence-corrected chi connectivity index (χ1v) is 15.7. The van der Waals surface area contributed by atoms with Crippen molar-refractivity contribution in [2.45, 2.75) is 109 Å². The molecule has 6 atom stereocenters. The maximum absolute atomic E-state index is 13.8. The van der Waals surface area contributed by atoms with Gasteiger partial charge in [0.15, 0.2) is 11.5 Å². The SMILES string of the molecule is Cc1c(O)c(O)cc2c1C(Sc1ccc(F)cc1)C=C1[C@@]2(C)CC[C@@]2(C)[C@@H]3CC(C)(C)CC[C@]3(C)CC[C@]12C. The molecule has 6 rings (SSSR count). The Morgan fingerprint density at radius 3 is 2.23 bits per heavy atom. The van der Waals surface area contributed by atoms with Gasteiger partial charge >= 0.3 is 0 Å². The van der Waals surface area contributed by atoms with Crippen LogP contribution in [0.1, 0.15) is 108 Å². The third-order valence-electron chi connectivity index (χ3n) is 12.4. The molecule has 2 nitrogen and oxygen atoms in total. The van der Waals surface area contributed by atoms with Crippen LogP contribution in [0.2, 0.25) is 0 Å². The smallest absolute Gasteiger partial charge is 0.160 e. The van der Waals surface area contributed by atoms with Crippen molar-refractivity contribution in [2.75, 3.05) is 0 Å². The molecule has 2 N–H and O–H groups in total. The number of phenolic OH excluding ortho intramolecular Hbond substituents is 2. The van der Waals surface area contributed by atoms with E-state index in [-0.39, 0.29) is 38.8 Å². The minimum absolute atomic E-state index is 0.0182. The van der Waals surface area contributed by atoms with E-state index >= 15 is 0 Å². The number of fused-ring (bicyclic) bond motifs is 7. The van der Waals surface area contributed by atoms with Gasteiger partial charge in [0.2, 0.25) is 0 Å². The Bertz CT molecular complexity index is 1360. The minimum Gasteiger partial charge on any atom is -0.504 e. The third-order valence-corrected chi connectivity index (χ3v) is 13.5. The van der Waals surface area contributed by atoms with Gasteiger partial charge in [-0.15, -0.1) is 11.8 Å². The highest BCUT2D eigenvalue weighted by Gasteiger charge is 2.66. The van der Waals surface area contributed by atoms with Crippen LogP contribution < -0.4 is 0 Å². The topological polar surface area (TPSA) is 40.5 Å². The van der Waals surface area contributed by atoms with E-state index in [2.05, 4.69) is 47.6 Å². The molecule has 0 heterocycles. The van der Waals surface area contributed by atoms with Crippen molar-refractivity contribution in [2.24, 2.45) is 27.6 Å². The summed E-state index contributed by atoms with van der Waals surface area (Å²) in [7, 11) is 0. The highest BCUT2D eigenvalue weighted by molar-refractivity contribution is 7.99. The molecule has 0 spiro atoms. The average molecular weight is 549 g/mol. The van der Waals surface area contributed by atoms with Crippen LogP contribution in [-0.2, 0) is 5.41 Å². The first kappa shape index (κ1) is 27.2. The lowest BCUT2D eigenvalue weighted by atomic mass is 9.34. The van der Waals surface area contributed by atoms with Crippen LogP contribution in [0.3, 0.4) is 0 Å². The molecule has 0 aromatic heterocycles. The van der Waals surface area contributed by atoms with Gasteiger partial charge in [0.05, 0.1) is 5.25 Å². The van der Waals surface area contributed by atoms with Crippen molar-refractivity contribution >= 4 is 11.8 Å². The lowest BCUT2D eigenvalue weighted by Gasteiger charge is -2.70. The predicted octanol–water partition coefficient (Wildman–Crippen LogP) is 10.0. The van der Waals surface area contributed by atoms with E-state index < -0.39 is 0 Å². The fourth-order valence-corrected chi connectivity index (χ4v) is 10.8. The van der Waals surface area contributed by atoms with Crippen molar-refractivity contribution in [3.8, 4) is 11.5 Å². The summed E-state index contributed by atoms with van der Waals surface area (Å²) in [6, 6.07) is 8.60. The molecule has 4 aliphatic carbocycles. The molecule has 210 valence electrons. The quantitative estimate of drug-likeness (QED) is 0.290. The molecule has 0 amide bonds. The van der Waals surface area contributed by atoms with Crippen molar-refractivity contribution in [1.29, 1.82) is 0 Å². The first-order chi connectivity index (χ1) is 18.1. The molecule has 3 saturated carbocycles. The Morgan fingerprint density at radius 1 is 0.872 bits per heavy atom. The zero-order chi connectivity index (χ0) is 28.2. The highest BCUT2D eigenvalue weighted by atomic mass is 32.2. The van der Waals surface area contributed by atoms with Gasteiger partial charge in [-0.3, -0.25) is 0 Å². The summed E-state index contributed by atoms with van der Waals surface area (Å²) in [5, 5.41) is 21.6. The summed E-state index contributed by atoms with van der Waals surface area (Å²) in [5.74, 6) is 0.397. The summed E-state index contributed by atoms with van der Waals surface area (Å²) < 4.78 is 13.8. The number of thioether (sulfide) groups is 1. The average Bonchev–Trinajstić information content (AvgIpc) is 2.88. The highest BCUT2D eigenvalue weighted by Crippen LogP contribution is 2.75. The Morgan fingerprint density at radius 2 is 1.54 bits per heavy atom. The molecule has 3 fully saturated rings. The van der Waals surface area contributed by atoms with Crippen molar-refractivity contribution in [3.63, 3.8) is 0 Å². The number of phenols is 2. The van der Waals surface area contributed by atoms with E-state index in [4.69, 9.17) is 0 Å². The van der Waals surface area contributed by atoms with Crippen LogP contribution in [0.15, 0.2) is 46.9 Å². The van der Waals surface area contributed by atoms with Gasteiger partial charge in [-0.1, -0.05) is 53.2 Å². The van der Waals surface area contributed by atoms with Crippen molar-refractivity contribution in [1.82, 2.24) is 0 Å². The van der Waals surface area contributed by atoms with Crippen molar-refractivity contribution < 1.29 is 14.6 Å². The summed E-state index contributed by atoms with van der Waals surface area (Å²) in [4.78, 5) is 1.01. The predicted molar refractivity (Wildman–Crippen MR) is 159 cm³/mol. The van der Waals surface area contributed by atoms with E-state index in [1.807, 2.05) is 25.1 Å². The van der Waals surface area contributed by atoms with E-state index in [0.29, 0.717) is 16.7 Å². The molecule has 0 aliphatic heterocycles. The van der Waals surface area contributed by atoms with Crippen molar-refractivity contribution in [3.05, 3.63) is 64.5 Å². The normalized spacial score (nSPS) is 38.6. The first-order valence-electron chi connectivity index (χ1n) is 14.8. The van der Waals surface area contributed by atoms with E-state index in [1.165, 1.54) is 56.2 Å². The molecule has 0 radical (unpaired) electrons. The number of halogens is 1. The van der Waals surface area contributed by atoms with E-state index in [0.717, 1.165) is 28.0 Å². The number of aromatic hydroxyl groups is 2. The van der Waals surface area contributed by atoms with Crippen LogP contribution >= 0.6 is 11.8 Å². The van der Waals surface area contributed by atoms with E-state index in [9.17, 15) is 14.6 Å². The maximum Gasteiger partial charge on any atom is 0.160 e. The summed E-state index contributed by atoms with van der Waals surface area (Å²) in [6.45, 7) is 17.0. The number of rotatable bonds is 2. The number of benzene rings is 2. The van der Waals surface area contributed by atoms with Gasteiger partial charge in [-0.05, 0) is 126 Å². The molecule has 4 aliphatic rings. The van der Waals surface area contributed by atoms with Gasteiger partial charge in [-0.25, -0.2) is 4.39 Å². The third kappa shape index (κ3) is 3.79. The largest absolute Gasteiger partial charge is 0.504 e. The van der Waals surface area contributed by atoms with Gasteiger partial charge < -0.3 is 10.2 Å². The van der Waals surface area contributed by atoms with Gasteiger partial charge in [0, 0.05) is 10.3 Å².